The van der Waals surface area contributed by atoms with Gasteiger partial charge in [-0.05, 0) is 19.1 Å². The van der Waals surface area contributed by atoms with Gasteiger partial charge in [0.05, 0.1) is 12.7 Å². The van der Waals surface area contributed by atoms with Crippen LogP contribution >= 0.6 is 0 Å². The van der Waals surface area contributed by atoms with Crippen molar-refractivity contribution in [2.75, 3.05) is 13.7 Å². The van der Waals surface area contributed by atoms with Crippen LogP contribution < -0.4 is 0 Å². The Hall–Kier alpha value is -2.36. The fraction of sp³-hybridized carbons (Fsp3) is 0.412. The van der Waals surface area contributed by atoms with Gasteiger partial charge in [-0.15, -0.1) is 0 Å². The number of rotatable bonds is 10. The largest absolute Gasteiger partial charge is 0.484 e. The van der Waals surface area contributed by atoms with Gasteiger partial charge in [0.15, 0.2) is 18.0 Å². The number of nitriles is 1. The van der Waals surface area contributed by atoms with Gasteiger partial charge in [0.1, 0.15) is 17.9 Å². The minimum Gasteiger partial charge on any atom is -0.484 e. The van der Waals surface area contributed by atoms with E-state index in [9.17, 15) is 4.79 Å². The maximum Gasteiger partial charge on any atom is 0.192 e. The Morgan fingerprint density at radius 1 is 1.61 bits per heavy atom. The normalized spacial score (nSPS) is 19.5. The number of ketones is 1. The van der Waals surface area contributed by atoms with Gasteiger partial charge in [0.25, 0.3) is 0 Å². The summed E-state index contributed by atoms with van der Waals surface area (Å²) in [4.78, 5) is 22.3. The number of allylic oxidation sites excluding steroid dienone is 4. The van der Waals surface area contributed by atoms with E-state index < -0.39 is 18.1 Å². The highest BCUT2D eigenvalue weighted by Crippen LogP contribution is 2.21. The molecule has 1 aliphatic rings. The first-order chi connectivity index (χ1) is 11.1. The Morgan fingerprint density at radius 3 is 3.04 bits per heavy atom. The van der Waals surface area contributed by atoms with Crippen LogP contribution in [0.3, 0.4) is 0 Å². The van der Waals surface area contributed by atoms with Gasteiger partial charge < -0.3 is 14.4 Å². The first-order valence-electron chi connectivity index (χ1n) is 7.19. The number of hydrogen-bond donors (Lipinski definition) is 0. The molecule has 6 nitrogen and oxygen atoms in total. The molecule has 1 rings (SSSR count). The van der Waals surface area contributed by atoms with Crippen LogP contribution in [-0.4, -0.2) is 31.7 Å². The number of nitrogens with zero attached hydrogens (tertiary/aromatic N) is 1. The molecule has 0 N–H and O–H groups in total. The Bertz CT molecular complexity index is 530. The van der Waals surface area contributed by atoms with Crippen molar-refractivity contribution in [1.82, 2.24) is 0 Å². The highest BCUT2D eigenvalue weighted by Gasteiger charge is 2.28. The van der Waals surface area contributed by atoms with Crippen molar-refractivity contribution in [3.05, 3.63) is 49.0 Å². The Balaban J connectivity index is 2.64. The smallest absolute Gasteiger partial charge is 0.192 e. The molecule has 6 heteroatoms. The average molecular weight is 319 g/mol. The first kappa shape index (κ1) is 18.7. The summed E-state index contributed by atoms with van der Waals surface area (Å²) >= 11 is 0. The fourth-order valence-electron chi connectivity index (χ4n) is 1.87. The van der Waals surface area contributed by atoms with Gasteiger partial charge in [-0.25, -0.2) is 0 Å². The third-order valence-electron chi connectivity index (χ3n) is 3.05. The predicted molar refractivity (Wildman–Crippen MR) is 83.7 cm³/mol. The summed E-state index contributed by atoms with van der Waals surface area (Å²) in [5.41, 5.74) is 0. The molecule has 0 saturated heterocycles. The van der Waals surface area contributed by atoms with Crippen molar-refractivity contribution >= 4 is 5.78 Å². The lowest BCUT2D eigenvalue weighted by atomic mass is 10.0. The van der Waals surface area contributed by atoms with E-state index in [4.69, 9.17) is 24.5 Å². The van der Waals surface area contributed by atoms with E-state index in [1.807, 2.05) is 18.2 Å². The van der Waals surface area contributed by atoms with Crippen molar-refractivity contribution in [1.29, 1.82) is 5.26 Å². The highest BCUT2D eigenvalue weighted by molar-refractivity contribution is 5.87. The van der Waals surface area contributed by atoms with Crippen LogP contribution in [0.25, 0.3) is 0 Å². The molecule has 3 unspecified atom stereocenters. The number of ether oxygens (including phenoxy) is 2. The van der Waals surface area contributed by atoms with Crippen LogP contribution in [0.1, 0.15) is 13.3 Å². The lowest BCUT2D eigenvalue weighted by molar-refractivity contribution is -0.280. The number of Topliss-reactive ketones (excluding diaryl/α,β-unsaturated/α-hetero) is 1. The number of hydrogen-bond acceptors (Lipinski definition) is 6. The van der Waals surface area contributed by atoms with Gasteiger partial charge in [-0.2, -0.15) is 10.1 Å². The standard InChI is InChI=1S/C17H21NO5/c1-4-5-10-21-23-16-9-7-6-8-15(16)22-13(2)17(19)14(11-18)12-20-3/h4-8,10,13-14,16H,1,9,12H2,2-3H3/b10-5-. The number of methoxy groups -OCH3 is 1. The summed E-state index contributed by atoms with van der Waals surface area (Å²) < 4.78 is 10.5. The zero-order valence-corrected chi connectivity index (χ0v) is 13.3. The van der Waals surface area contributed by atoms with Crippen molar-refractivity contribution in [3.63, 3.8) is 0 Å². The molecule has 0 bridgehead atoms. The topological polar surface area (TPSA) is 77.8 Å². The summed E-state index contributed by atoms with van der Waals surface area (Å²) in [5.74, 6) is -0.730. The van der Waals surface area contributed by atoms with E-state index in [1.165, 1.54) is 13.4 Å². The second-order valence-corrected chi connectivity index (χ2v) is 4.78. The van der Waals surface area contributed by atoms with E-state index in [2.05, 4.69) is 6.58 Å². The SMILES string of the molecule is C=C/C=C\OOC1CC=CC=C1OC(C)C(=O)C(C#N)COC. The van der Waals surface area contributed by atoms with Crippen LogP contribution in [0.5, 0.6) is 0 Å². The zero-order chi connectivity index (χ0) is 17.1. The second-order valence-electron chi connectivity index (χ2n) is 4.78. The van der Waals surface area contributed by atoms with E-state index in [0.29, 0.717) is 12.2 Å². The maximum absolute atomic E-state index is 12.2. The van der Waals surface area contributed by atoms with Crippen LogP contribution in [0.2, 0.25) is 0 Å². The summed E-state index contributed by atoms with van der Waals surface area (Å²) in [6.07, 6.45) is 9.19. The third-order valence-corrected chi connectivity index (χ3v) is 3.05. The molecule has 23 heavy (non-hydrogen) atoms. The molecule has 0 aromatic rings. The van der Waals surface area contributed by atoms with Crippen LogP contribution in [0, 0.1) is 17.2 Å². The molecule has 0 fully saturated rings. The lowest BCUT2D eigenvalue weighted by Crippen LogP contribution is -2.32. The van der Waals surface area contributed by atoms with Gasteiger partial charge >= 0.3 is 0 Å². The molecule has 124 valence electrons. The van der Waals surface area contributed by atoms with Crippen molar-refractivity contribution in [2.45, 2.75) is 25.6 Å². The minimum atomic E-state index is -0.860. The van der Waals surface area contributed by atoms with Gasteiger partial charge in [0.2, 0.25) is 0 Å². The molecule has 0 heterocycles. The molecule has 0 radical (unpaired) electrons. The molecule has 1 aliphatic carbocycles. The van der Waals surface area contributed by atoms with E-state index in [1.54, 1.807) is 25.2 Å². The van der Waals surface area contributed by atoms with Crippen LogP contribution in [-0.2, 0) is 24.0 Å². The lowest BCUT2D eigenvalue weighted by Gasteiger charge is -2.24. The molecule has 0 aliphatic heterocycles. The van der Waals surface area contributed by atoms with E-state index in [0.717, 1.165) is 0 Å². The van der Waals surface area contributed by atoms with E-state index >= 15 is 0 Å². The molecule has 0 spiro atoms. The minimum absolute atomic E-state index is 0.0391. The zero-order valence-electron chi connectivity index (χ0n) is 13.3. The fourth-order valence-corrected chi connectivity index (χ4v) is 1.87. The number of carbonyl (C=O) groups excluding carboxylic acids is 1. The molecule has 0 saturated carbocycles. The number of carbonyl (C=O) groups is 1. The molecular formula is C17H21NO5. The monoisotopic (exact) mass is 319 g/mol. The summed E-state index contributed by atoms with van der Waals surface area (Å²) in [7, 11) is 1.44. The van der Waals surface area contributed by atoms with Crippen LogP contribution in [0.15, 0.2) is 49.0 Å². The van der Waals surface area contributed by atoms with Crippen molar-refractivity contribution in [2.24, 2.45) is 5.92 Å². The van der Waals surface area contributed by atoms with Crippen molar-refractivity contribution in [3.8, 4) is 6.07 Å². The average Bonchev–Trinajstić information content (AvgIpc) is 2.57. The van der Waals surface area contributed by atoms with E-state index in [-0.39, 0.29) is 12.4 Å². The molecule has 0 amide bonds. The highest BCUT2D eigenvalue weighted by atomic mass is 17.2. The van der Waals surface area contributed by atoms with Crippen LogP contribution in [0.4, 0.5) is 0 Å². The first-order valence-corrected chi connectivity index (χ1v) is 7.19. The summed E-state index contributed by atoms with van der Waals surface area (Å²) in [5, 5.41) is 9.01. The van der Waals surface area contributed by atoms with Gasteiger partial charge in [-0.1, -0.05) is 24.8 Å². The van der Waals surface area contributed by atoms with Gasteiger partial charge in [0, 0.05) is 13.5 Å². The predicted octanol–water partition coefficient (Wildman–Crippen LogP) is 2.61. The molecule has 0 aromatic carbocycles. The molecular weight excluding hydrogens is 298 g/mol. The summed E-state index contributed by atoms with van der Waals surface area (Å²) in [6.45, 7) is 5.15. The second kappa shape index (κ2) is 10.4. The Morgan fingerprint density at radius 2 is 2.39 bits per heavy atom. The third kappa shape index (κ3) is 6.10. The Labute approximate surface area is 136 Å². The molecule has 3 atom stereocenters. The molecule has 0 aromatic heterocycles. The van der Waals surface area contributed by atoms with Gasteiger partial charge in [-0.3, -0.25) is 4.79 Å². The maximum atomic E-state index is 12.2. The Kier molecular flexibility index (Phi) is 8.43. The summed E-state index contributed by atoms with van der Waals surface area (Å²) in [6, 6.07) is 1.92. The quantitative estimate of drug-likeness (QED) is 0.266. The van der Waals surface area contributed by atoms with Crippen molar-refractivity contribution < 1.29 is 24.0 Å².